The highest BCUT2D eigenvalue weighted by Crippen LogP contribution is 2.13. The third kappa shape index (κ3) is 3.13. The summed E-state index contributed by atoms with van der Waals surface area (Å²) in [5.74, 6) is 1.29. The largest absolute Gasteiger partial charge is 0.456 e. The van der Waals surface area contributed by atoms with Crippen LogP contribution in [0.25, 0.3) is 0 Å². The van der Waals surface area contributed by atoms with Crippen LogP contribution in [0.1, 0.15) is 42.5 Å². The number of hydrogen-bond donors (Lipinski definition) is 1. The standard InChI is InChI=1S/C14H22N2O2/c1-3-12-7-8-13(18-12)14(17)16(2)10-11-6-4-5-9-15-11/h7-8,11,15H,3-6,9-10H2,1-2H3. The molecule has 1 aromatic heterocycles. The van der Waals surface area contributed by atoms with Gasteiger partial charge in [0, 0.05) is 26.1 Å². The Kier molecular flexibility index (Phi) is 4.42. The van der Waals surface area contributed by atoms with Gasteiger partial charge in [-0.25, -0.2) is 0 Å². The summed E-state index contributed by atoms with van der Waals surface area (Å²) in [6.07, 6.45) is 4.46. The van der Waals surface area contributed by atoms with Crippen molar-refractivity contribution < 1.29 is 9.21 Å². The van der Waals surface area contributed by atoms with E-state index in [1.807, 2.05) is 20.0 Å². The molecule has 1 saturated heterocycles. The van der Waals surface area contributed by atoms with Crippen molar-refractivity contribution in [2.45, 2.75) is 38.6 Å². The number of rotatable bonds is 4. The summed E-state index contributed by atoms with van der Waals surface area (Å²) in [6.45, 7) is 3.83. The highest BCUT2D eigenvalue weighted by Gasteiger charge is 2.20. The average Bonchev–Trinajstić information content (AvgIpc) is 2.87. The van der Waals surface area contributed by atoms with Crippen molar-refractivity contribution in [1.29, 1.82) is 0 Å². The molecule has 0 saturated carbocycles. The SMILES string of the molecule is CCc1ccc(C(=O)N(C)CC2CCCCN2)o1. The van der Waals surface area contributed by atoms with E-state index in [9.17, 15) is 4.79 Å². The van der Waals surface area contributed by atoms with E-state index < -0.39 is 0 Å². The molecule has 0 spiro atoms. The van der Waals surface area contributed by atoms with Gasteiger partial charge in [0.1, 0.15) is 5.76 Å². The first-order valence-electron chi connectivity index (χ1n) is 6.78. The van der Waals surface area contributed by atoms with Gasteiger partial charge in [-0.3, -0.25) is 4.79 Å². The summed E-state index contributed by atoms with van der Waals surface area (Å²) >= 11 is 0. The van der Waals surface area contributed by atoms with Crippen LogP contribution in [0.3, 0.4) is 0 Å². The van der Waals surface area contributed by atoms with Crippen molar-refractivity contribution in [3.8, 4) is 0 Å². The maximum Gasteiger partial charge on any atom is 0.289 e. The summed E-state index contributed by atoms with van der Waals surface area (Å²) in [5.41, 5.74) is 0. The fraction of sp³-hybridized carbons (Fsp3) is 0.643. The number of aryl methyl sites for hydroxylation is 1. The lowest BCUT2D eigenvalue weighted by atomic mass is 10.0. The Bertz CT molecular complexity index is 394. The van der Waals surface area contributed by atoms with Crippen molar-refractivity contribution in [2.24, 2.45) is 0 Å². The average molecular weight is 250 g/mol. The first-order chi connectivity index (χ1) is 8.70. The maximum absolute atomic E-state index is 12.2. The fourth-order valence-electron chi connectivity index (χ4n) is 2.36. The molecule has 0 aliphatic carbocycles. The Morgan fingerprint density at radius 2 is 2.33 bits per heavy atom. The zero-order valence-corrected chi connectivity index (χ0v) is 11.2. The molecule has 1 aromatic rings. The summed E-state index contributed by atoms with van der Waals surface area (Å²) < 4.78 is 5.49. The van der Waals surface area contributed by atoms with Gasteiger partial charge in [-0.15, -0.1) is 0 Å². The van der Waals surface area contributed by atoms with Gasteiger partial charge >= 0.3 is 0 Å². The molecule has 100 valence electrons. The van der Waals surface area contributed by atoms with Crippen molar-refractivity contribution in [2.75, 3.05) is 20.1 Å². The Balaban J connectivity index is 1.91. The molecule has 1 atom stereocenters. The van der Waals surface area contributed by atoms with Crippen molar-refractivity contribution in [3.05, 3.63) is 23.7 Å². The molecule has 1 aliphatic rings. The molecule has 1 aliphatic heterocycles. The number of hydrogen-bond acceptors (Lipinski definition) is 3. The molecular weight excluding hydrogens is 228 g/mol. The zero-order valence-electron chi connectivity index (χ0n) is 11.2. The molecule has 1 unspecified atom stereocenters. The smallest absolute Gasteiger partial charge is 0.289 e. The van der Waals surface area contributed by atoms with Gasteiger partial charge in [0.25, 0.3) is 5.91 Å². The maximum atomic E-state index is 12.2. The molecule has 1 N–H and O–H groups in total. The van der Waals surface area contributed by atoms with Gasteiger partial charge in [-0.1, -0.05) is 13.3 Å². The molecular formula is C14H22N2O2. The zero-order chi connectivity index (χ0) is 13.0. The highest BCUT2D eigenvalue weighted by atomic mass is 16.4. The minimum absolute atomic E-state index is 0.0259. The van der Waals surface area contributed by atoms with Crippen LogP contribution in [0.15, 0.2) is 16.5 Å². The van der Waals surface area contributed by atoms with Crippen molar-refractivity contribution in [3.63, 3.8) is 0 Å². The van der Waals surface area contributed by atoms with E-state index >= 15 is 0 Å². The molecule has 2 heterocycles. The van der Waals surface area contributed by atoms with Crippen LogP contribution in [0.5, 0.6) is 0 Å². The number of nitrogens with one attached hydrogen (secondary N) is 1. The Labute approximate surface area is 108 Å². The molecule has 1 fully saturated rings. The summed E-state index contributed by atoms with van der Waals surface area (Å²) in [5, 5.41) is 3.45. The Morgan fingerprint density at radius 3 is 2.94 bits per heavy atom. The lowest BCUT2D eigenvalue weighted by Crippen LogP contribution is -2.44. The van der Waals surface area contributed by atoms with Crippen LogP contribution >= 0.6 is 0 Å². The normalized spacial score (nSPS) is 19.8. The number of nitrogens with zero attached hydrogens (tertiary/aromatic N) is 1. The molecule has 2 rings (SSSR count). The van der Waals surface area contributed by atoms with Crippen LogP contribution in [-0.2, 0) is 6.42 Å². The predicted octanol–water partition coefficient (Wildman–Crippen LogP) is 2.06. The number of amides is 1. The van der Waals surface area contributed by atoms with Crippen LogP contribution in [0, 0.1) is 0 Å². The van der Waals surface area contributed by atoms with E-state index in [0.29, 0.717) is 11.8 Å². The molecule has 1 amide bonds. The third-order valence-corrected chi connectivity index (χ3v) is 3.47. The fourth-order valence-corrected chi connectivity index (χ4v) is 2.36. The predicted molar refractivity (Wildman–Crippen MR) is 70.7 cm³/mol. The van der Waals surface area contributed by atoms with Crippen LogP contribution in [-0.4, -0.2) is 37.0 Å². The Morgan fingerprint density at radius 1 is 1.50 bits per heavy atom. The third-order valence-electron chi connectivity index (χ3n) is 3.47. The summed E-state index contributed by atoms with van der Waals surface area (Å²) in [6, 6.07) is 4.07. The molecule has 18 heavy (non-hydrogen) atoms. The monoisotopic (exact) mass is 250 g/mol. The second-order valence-corrected chi connectivity index (χ2v) is 4.95. The van der Waals surface area contributed by atoms with Crippen LogP contribution in [0.4, 0.5) is 0 Å². The van der Waals surface area contributed by atoms with Gasteiger partial charge in [0.2, 0.25) is 0 Å². The quantitative estimate of drug-likeness (QED) is 0.889. The van der Waals surface area contributed by atoms with Gasteiger partial charge < -0.3 is 14.6 Å². The van der Waals surface area contributed by atoms with Gasteiger partial charge in [-0.05, 0) is 31.5 Å². The Hall–Kier alpha value is -1.29. The lowest BCUT2D eigenvalue weighted by Gasteiger charge is -2.27. The number of likely N-dealkylation sites (N-methyl/N-ethyl adjacent to an activating group) is 1. The first-order valence-corrected chi connectivity index (χ1v) is 6.78. The van der Waals surface area contributed by atoms with E-state index in [-0.39, 0.29) is 5.91 Å². The second-order valence-electron chi connectivity index (χ2n) is 4.95. The highest BCUT2D eigenvalue weighted by molar-refractivity contribution is 5.91. The lowest BCUT2D eigenvalue weighted by molar-refractivity contribution is 0.0742. The van der Waals surface area contributed by atoms with Gasteiger partial charge in [-0.2, -0.15) is 0 Å². The van der Waals surface area contributed by atoms with Gasteiger partial charge in [0.15, 0.2) is 5.76 Å². The van der Waals surface area contributed by atoms with E-state index in [0.717, 1.165) is 31.7 Å². The minimum atomic E-state index is -0.0259. The molecule has 0 bridgehead atoms. The molecule has 4 heteroatoms. The topological polar surface area (TPSA) is 45.5 Å². The molecule has 0 radical (unpaired) electrons. The minimum Gasteiger partial charge on any atom is -0.456 e. The van der Waals surface area contributed by atoms with E-state index in [2.05, 4.69) is 5.32 Å². The molecule has 0 aromatic carbocycles. The van der Waals surface area contributed by atoms with Crippen molar-refractivity contribution in [1.82, 2.24) is 10.2 Å². The van der Waals surface area contributed by atoms with E-state index in [1.165, 1.54) is 12.8 Å². The second kappa shape index (κ2) is 6.05. The number of furan rings is 1. The first kappa shape index (κ1) is 13.1. The van der Waals surface area contributed by atoms with Crippen LogP contribution < -0.4 is 5.32 Å². The number of carbonyl (C=O) groups is 1. The van der Waals surface area contributed by atoms with E-state index in [4.69, 9.17) is 4.42 Å². The number of carbonyl (C=O) groups excluding carboxylic acids is 1. The number of piperidine rings is 1. The van der Waals surface area contributed by atoms with Crippen LogP contribution in [0.2, 0.25) is 0 Å². The summed E-state index contributed by atoms with van der Waals surface area (Å²) in [4.78, 5) is 13.9. The molecule has 4 nitrogen and oxygen atoms in total. The van der Waals surface area contributed by atoms with Gasteiger partial charge in [0.05, 0.1) is 0 Å². The summed E-state index contributed by atoms with van der Waals surface area (Å²) in [7, 11) is 1.84. The van der Waals surface area contributed by atoms with E-state index in [1.54, 1.807) is 11.0 Å². The van der Waals surface area contributed by atoms with Crippen molar-refractivity contribution >= 4 is 5.91 Å².